The molecule has 0 bridgehead atoms. The van der Waals surface area contributed by atoms with Crippen molar-refractivity contribution < 1.29 is 4.79 Å². The van der Waals surface area contributed by atoms with Crippen molar-refractivity contribution in [2.75, 3.05) is 29.9 Å². The topological polar surface area (TPSA) is 44.4 Å². The van der Waals surface area contributed by atoms with Gasteiger partial charge in [0, 0.05) is 30.5 Å². The number of nitrogens with zero attached hydrogens (tertiary/aromatic N) is 1. The van der Waals surface area contributed by atoms with Gasteiger partial charge in [-0.2, -0.15) is 0 Å². The largest absolute Gasteiger partial charge is 0.372 e. The SMILES string of the molecule is O=C(CNC1CC1)Nc1ccc(N2CCCCCC2)cc1. The minimum Gasteiger partial charge on any atom is -0.372 e. The van der Waals surface area contributed by atoms with Crippen molar-refractivity contribution in [2.24, 2.45) is 0 Å². The van der Waals surface area contributed by atoms with Gasteiger partial charge < -0.3 is 15.5 Å². The van der Waals surface area contributed by atoms with Crippen molar-refractivity contribution in [3.63, 3.8) is 0 Å². The molecule has 1 amide bonds. The van der Waals surface area contributed by atoms with Crippen LogP contribution >= 0.6 is 0 Å². The van der Waals surface area contributed by atoms with Crippen molar-refractivity contribution in [3.05, 3.63) is 24.3 Å². The van der Waals surface area contributed by atoms with Gasteiger partial charge in [0.2, 0.25) is 5.91 Å². The Kier molecular flexibility index (Phi) is 4.76. The summed E-state index contributed by atoms with van der Waals surface area (Å²) in [6, 6.07) is 8.83. The van der Waals surface area contributed by atoms with Crippen LogP contribution in [0.5, 0.6) is 0 Å². The molecule has 0 atom stereocenters. The molecule has 1 heterocycles. The highest BCUT2D eigenvalue weighted by Crippen LogP contribution is 2.21. The molecule has 1 aromatic carbocycles. The molecular weight excluding hydrogens is 262 g/mol. The van der Waals surface area contributed by atoms with Gasteiger partial charge in [0.25, 0.3) is 0 Å². The third-order valence-corrected chi connectivity index (χ3v) is 4.25. The molecule has 1 aliphatic carbocycles. The lowest BCUT2D eigenvalue weighted by molar-refractivity contribution is -0.115. The van der Waals surface area contributed by atoms with Crippen LogP contribution in [-0.4, -0.2) is 31.6 Å². The minimum atomic E-state index is 0.0458. The van der Waals surface area contributed by atoms with E-state index in [4.69, 9.17) is 0 Å². The monoisotopic (exact) mass is 287 g/mol. The normalized spacial score (nSPS) is 19.1. The van der Waals surface area contributed by atoms with E-state index in [1.807, 2.05) is 12.1 Å². The molecule has 1 saturated carbocycles. The highest BCUT2D eigenvalue weighted by Gasteiger charge is 2.21. The van der Waals surface area contributed by atoms with Crippen molar-refractivity contribution in [2.45, 2.75) is 44.6 Å². The maximum Gasteiger partial charge on any atom is 0.238 e. The summed E-state index contributed by atoms with van der Waals surface area (Å²) < 4.78 is 0. The highest BCUT2D eigenvalue weighted by atomic mass is 16.1. The Morgan fingerprint density at radius 2 is 1.71 bits per heavy atom. The number of amides is 1. The van der Waals surface area contributed by atoms with Gasteiger partial charge in [0.1, 0.15) is 0 Å². The van der Waals surface area contributed by atoms with E-state index >= 15 is 0 Å². The molecule has 0 aromatic heterocycles. The molecule has 3 rings (SSSR count). The minimum absolute atomic E-state index is 0.0458. The molecule has 2 N–H and O–H groups in total. The van der Waals surface area contributed by atoms with Crippen molar-refractivity contribution in [3.8, 4) is 0 Å². The van der Waals surface area contributed by atoms with E-state index in [0.29, 0.717) is 12.6 Å². The maximum atomic E-state index is 11.8. The zero-order valence-electron chi connectivity index (χ0n) is 12.6. The van der Waals surface area contributed by atoms with Crippen LogP contribution < -0.4 is 15.5 Å². The molecule has 4 nitrogen and oxygen atoms in total. The zero-order chi connectivity index (χ0) is 14.5. The van der Waals surface area contributed by atoms with Crippen molar-refractivity contribution >= 4 is 17.3 Å². The molecular formula is C17H25N3O. The smallest absolute Gasteiger partial charge is 0.238 e. The number of carbonyl (C=O) groups is 1. The fourth-order valence-corrected chi connectivity index (χ4v) is 2.81. The summed E-state index contributed by atoms with van der Waals surface area (Å²) in [4.78, 5) is 14.2. The van der Waals surface area contributed by atoms with E-state index in [-0.39, 0.29) is 5.91 Å². The number of carbonyl (C=O) groups excluding carboxylic acids is 1. The molecule has 2 fully saturated rings. The second kappa shape index (κ2) is 6.94. The summed E-state index contributed by atoms with van der Waals surface area (Å²) >= 11 is 0. The van der Waals surface area contributed by atoms with Crippen LogP contribution in [0.1, 0.15) is 38.5 Å². The Bertz CT molecular complexity index is 459. The number of hydrogen-bond donors (Lipinski definition) is 2. The first-order valence-corrected chi connectivity index (χ1v) is 8.19. The van der Waals surface area contributed by atoms with Gasteiger partial charge in [-0.15, -0.1) is 0 Å². The summed E-state index contributed by atoms with van der Waals surface area (Å²) in [5, 5.41) is 6.17. The molecule has 0 radical (unpaired) electrons. The van der Waals surface area contributed by atoms with Gasteiger partial charge >= 0.3 is 0 Å². The predicted octanol–water partition coefficient (Wildman–Crippen LogP) is 2.76. The Balaban J connectivity index is 1.51. The average molecular weight is 287 g/mol. The average Bonchev–Trinajstić information content (AvgIpc) is 3.33. The molecule has 1 saturated heterocycles. The lowest BCUT2D eigenvalue weighted by atomic mass is 10.2. The van der Waals surface area contributed by atoms with Crippen LogP contribution in [0.4, 0.5) is 11.4 Å². The van der Waals surface area contributed by atoms with Crippen LogP contribution in [0.25, 0.3) is 0 Å². The van der Waals surface area contributed by atoms with E-state index in [1.165, 1.54) is 44.2 Å². The van der Waals surface area contributed by atoms with Crippen LogP contribution in [0, 0.1) is 0 Å². The summed E-state index contributed by atoms with van der Waals surface area (Å²) in [7, 11) is 0. The zero-order valence-corrected chi connectivity index (χ0v) is 12.6. The van der Waals surface area contributed by atoms with Gasteiger partial charge in [0.15, 0.2) is 0 Å². The fourth-order valence-electron chi connectivity index (χ4n) is 2.81. The standard InChI is InChI=1S/C17H25N3O/c21-17(13-18-14-5-6-14)19-15-7-9-16(10-8-15)20-11-3-1-2-4-12-20/h7-10,14,18H,1-6,11-13H2,(H,19,21). The van der Waals surface area contributed by atoms with E-state index in [9.17, 15) is 4.79 Å². The van der Waals surface area contributed by atoms with Crippen LogP contribution in [0.3, 0.4) is 0 Å². The number of benzene rings is 1. The quantitative estimate of drug-likeness (QED) is 0.875. The molecule has 114 valence electrons. The molecule has 21 heavy (non-hydrogen) atoms. The van der Waals surface area contributed by atoms with Crippen LogP contribution in [-0.2, 0) is 4.79 Å². The Morgan fingerprint density at radius 1 is 1.05 bits per heavy atom. The first-order chi connectivity index (χ1) is 10.3. The molecule has 4 heteroatoms. The Morgan fingerprint density at radius 3 is 2.33 bits per heavy atom. The van der Waals surface area contributed by atoms with E-state index in [0.717, 1.165) is 18.8 Å². The fraction of sp³-hybridized carbons (Fsp3) is 0.588. The number of nitrogens with one attached hydrogen (secondary N) is 2. The van der Waals surface area contributed by atoms with Gasteiger partial charge in [-0.05, 0) is 49.9 Å². The maximum absolute atomic E-state index is 11.8. The Labute approximate surface area is 126 Å². The summed E-state index contributed by atoms with van der Waals surface area (Å²) in [6.07, 6.45) is 7.67. The van der Waals surface area contributed by atoms with E-state index < -0.39 is 0 Å². The first-order valence-electron chi connectivity index (χ1n) is 8.19. The number of rotatable bonds is 5. The summed E-state index contributed by atoms with van der Waals surface area (Å²) in [5.41, 5.74) is 2.15. The summed E-state index contributed by atoms with van der Waals surface area (Å²) in [5.74, 6) is 0.0458. The molecule has 2 aliphatic rings. The number of anilines is 2. The third-order valence-electron chi connectivity index (χ3n) is 4.25. The summed E-state index contributed by atoms with van der Waals surface area (Å²) in [6.45, 7) is 2.71. The second-order valence-corrected chi connectivity index (χ2v) is 6.15. The Hall–Kier alpha value is -1.55. The van der Waals surface area contributed by atoms with Crippen molar-refractivity contribution in [1.82, 2.24) is 5.32 Å². The van der Waals surface area contributed by atoms with Gasteiger partial charge in [-0.25, -0.2) is 0 Å². The van der Waals surface area contributed by atoms with Gasteiger partial charge in [-0.3, -0.25) is 4.79 Å². The third kappa shape index (κ3) is 4.46. The number of hydrogen-bond acceptors (Lipinski definition) is 3. The molecule has 1 aromatic rings. The van der Waals surface area contributed by atoms with Gasteiger partial charge in [0.05, 0.1) is 6.54 Å². The lowest BCUT2D eigenvalue weighted by Gasteiger charge is -2.22. The van der Waals surface area contributed by atoms with E-state index in [2.05, 4.69) is 27.7 Å². The van der Waals surface area contributed by atoms with Crippen LogP contribution in [0.15, 0.2) is 24.3 Å². The highest BCUT2D eigenvalue weighted by molar-refractivity contribution is 5.92. The predicted molar refractivity (Wildman–Crippen MR) is 86.8 cm³/mol. The van der Waals surface area contributed by atoms with Crippen LogP contribution in [0.2, 0.25) is 0 Å². The molecule has 0 spiro atoms. The van der Waals surface area contributed by atoms with E-state index in [1.54, 1.807) is 0 Å². The molecule has 1 aliphatic heterocycles. The molecule has 0 unspecified atom stereocenters. The second-order valence-electron chi connectivity index (χ2n) is 6.15. The lowest BCUT2D eigenvalue weighted by Crippen LogP contribution is -2.29. The van der Waals surface area contributed by atoms with Gasteiger partial charge in [-0.1, -0.05) is 12.8 Å². The first kappa shape index (κ1) is 14.4. The van der Waals surface area contributed by atoms with Crippen molar-refractivity contribution in [1.29, 1.82) is 0 Å².